The average Bonchev–Trinajstić information content (AvgIpc) is 3.08. The highest BCUT2D eigenvalue weighted by molar-refractivity contribution is 5.35. The van der Waals surface area contributed by atoms with Crippen LogP contribution in [0.15, 0.2) is 18.2 Å². The maximum atomic E-state index is 10.3. The van der Waals surface area contributed by atoms with Crippen molar-refractivity contribution in [2.24, 2.45) is 0 Å². The van der Waals surface area contributed by atoms with Crippen LogP contribution in [0.5, 0.6) is 0 Å². The lowest BCUT2D eigenvalue weighted by Crippen LogP contribution is -2.26. The van der Waals surface area contributed by atoms with Gasteiger partial charge in [0.25, 0.3) is 0 Å². The van der Waals surface area contributed by atoms with Crippen LogP contribution in [-0.2, 0) is 5.41 Å². The van der Waals surface area contributed by atoms with Gasteiger partial charge in [-0.15, -0.1) is 0 Å². The van der Waals surface area contributed by atoms with Gasteiger partial charge in [0.2, 0.25) is 0 Å². The van der Waals surface area contributed by atoms with Crippen LogP contribution in [-0.4, -0.2) is 25.6 Å². The van der Waals surface area contributed by atoms with E-state index in [9.17, 15) is 5.11 Å². The van der Waals surface area contributed by atoms with Gasteiger partial charge in [0.15, 0.2) is 5.82 Å². The van der Waals surface area contributed by atoms with Crippen molar-refractivity contribution in [2.75, 3.05) is 0 Å². The van der Waals surface area contributed by atoms with Gasteiger partial charge in [0.05, 0.1) is 12.1 Å². The summed E-state index contributed by atoms with van der Waals surface area (Å²) in [5.41, 5.74) is 3.58. The molecule has 120 valence electrons. The van der Waals surface area contributed by atoms with Crippen LogP contribution in [0, 0.1) is 13.8 Å². The summed E-state index contributed by atoms with van der Waals surface area (Å²) >= 11 is 0. The summed E-state index contributed by atoms with van der Waals surface area (Å²) in [6.07, 6.45) is 2.69. The second-order valence-electron chi connectivity index (χ2n) is 7.60. The topological polar surface area (TPSA) is 43.0 Å². The Morgan fingerprint density at radius 1 is 1.14 bits per heavy atom. The number of hydrogen-bond acceptors (Lipinski definition) is 2. The van der Waals surface area contributed by atoms with E-state index in [2.05, 4.69) is 62.1 Å². The Morgan fingerprint density at radius 3 is 2.27 bits per heavy atom. The largest absolute Gasteiger partial charge is 0.391 e. The second kappa shape index (κ2) is 5.27. The summed E-state index contributed by atoms with van der Waals surface area (Å²) < 4.78 is 4.28. The van der Waals surface area contributed by atoms with E-state index in [0.29, 0.717) is 0 Å². The molecule has 4 heteroatoms. The molecule has 2 aromatic rings. The first kappa shape index (κ1) is 15.3. The Labute approximate surface area is 132 Å². The number of nitrogens with zero attached hydrogens (tertiary/aromatic N) is 3. The van der Waals surface area contributed by atoms with Crippen molar-refractivity contribution >= 4 is 0 Å². The number of hydrogen-bond donors (Lipinski definition) is 1. The van der Waals surface area contributed by atoms with E-state index in [4.69, 9.17) is 5.10 Å². The van der Waals surface area contributed by atoms with Gasteiger partial charge in [0.1, 0.15) is 0 Å². The van der Waals surface area contributed by atoms with Gasteiger partial charge in [-0.2, -0.15) is 5.10 Å². The molecule has 1 fully saturated rings. The fourth-order valence-corrected chi connectivity index (χ4v) is 3.54. The lowest BCUT2D eigenvalue weighted by Gasteiger charge is -2.25. The lowest BCUT2D eigenvalue weighted by molar-refractivity contribution is 0.127. The molecule has 1 unspecified atom stereocenters. The Hall–Kier alpha value is -1.55. The molecular formula is C18H27N3O. The van der Waals surface area contributed by atoms with Crippen molar-refractivity contribution in [3.63, 3.8) is 0 Å². The van der Waals surface area contributed by atoms with E-state index in [-0.39, 0.29) is 17.6 Å². The first-order valence-corrected chi connectivity index (χ1v) is 8.22. The third-order valence-corrected chi connectivity index (χ3v) is 4.75. The van der Waals surface area contributed by atoms with Gasteiger partial charge in [-0.25, -0.2) is 0 Å². The molecule has 1 saturated carbocycles. The fourth-order valence-electron chi connectivity index (χ4n) is 3.54. The quantitative estimate of drug-likeness (QED) is 0.919. The first-order chi connectivity index (χ1) is 10.3. The summed E-state index contributed by atoms with van der Waals surface area (Å²) in [6.45, 7) is 10.8. The molecule has 0 bridgehead atoms. The standard InChI is InChI=1S/C18H27N3O/c1-12-9-10-13(2)20(12)17-11-16(18(3,4)5)21(19-17)14-7-6-8-15(14)22/h9-11,14-15,22H,6-8H2,1-5H3/t14?,15-/m0/s1. The van der Waals surface area contributed by atoms with Gasteiger partial charge in [0, 0.05) is 28.6 Å². The van der Waals surface area contributed by atoms with E-state index in [1.807, 2.05) is 0 Å². The summed E-state index contributed by atoms with van der Waals surface area (Å²) in [7, 11) is 0. The molecule has 0 saturated heterocycles. The summed E-state index contributed by atoms with van der Waals surface area (Å²) in [5.74, 6) is 0.962. The van der Waals surface area contributed by atoms with Crippen molar-refractivity contribution in [3.8, 4) is 5.82 Å². The van der Waals surface area contributed by atoms with Crippen molar-refractivity contribution in [3.05, 3.63) is 35.3 Å². The van der Waals surface area contributed by atoms with E-state index < -0.39 is 0 Å². The molecule has 2 aromatic heterocycles. The molecule has 0 spiro atoms. The number of aliphatic hydroxyl groups is 1. The molecule has 0 amide bonds. The zero-order valence-electron chi connectivity index (χ0n) is 14.3. The summed E-state index contributed by atoms with van der Waals surface area (Å²) in [5, 5.41) is 15.2. The molecule has 1 N–H and O–H groups in total. The van der Waals surface area contributed by atoms with Gasteiger partial charge < -0.3 is 9.67 Å². The molecule has 2 heterocycles. The second-order valence-corrected chi connectivity index (χ2v) is 7.60. The average molecular weight is 301 g/mol. The Balaban J connectivity index is 2.13. The molecule has 3 rings (SSSR count). The van der Waals surface area contributed by atoms with Gasteiger partial charge in [-0.3, -0.25) is 4.68 Å². The minimum absolute atomic E-state index is 0.00250. The third kappa shape index (κ3) is 2.50. The maximum Gasteiger partial charge on any atom is 0.159 e. The van der Waals surface area contributed by atoms with Crippen LogP contribution in [0.25, 0.3) is 5.82 Å². The fraction of sp³-hybridized carbons (Fsp3) is 0.611. The van der Waals surface area contributed by atoms with Gasteiger partial charge in [-0.1, -0.05) is 20.8 Å². The van der Waals surface area contributed by atoms with Crippen LogP contribution in [0.1, 0.15) is 63.2 Å². The molecule has 0 aromatic carbocycles. The SMILES string of the molecule is Cc1ccc(C)n1-c1cc(C(C)(C)C)n(C2CCC[C@@H]2O)n1. The Kier molecular flexibility index (Phi) is 3.68. The highest BCUT2D eigenvalue weighted by Crippen LogP contribution is 2.35. The zero-order chi connectivity index (χ0) is 16.1. The smallest absolute Gasteiger partial charge is 0.159 e. The van der Waals surface area contributed by atoms with E-state index in [0.717, 1.165) is 25.1 Å². The number of rotatable bonds is 2. The van der Waals surface area contributed by atoms with Crippen LogP contribution in [0.2, 0.25) is 0 Å². The van der Waals surface area contributed by atoms with E-state index in [1.54, 1.807) is 0 Å². The number of aromatic nitrogens is 3. The third-order valence-electron chi connectivity index (χ3n) is 4.75. The molecule has 0 radical (unpaired) electrons. The Morgan fingerprint density at radius 2 is 1.77 bits per heavy atom. The zero-order valence-corrected chi connectivity index (χ0v) is 14.3. The maximum absolute atomic E-state index is 10.3. The van der Waals surface area contributed by atoms with Crippen LogP contribution in [0.4, 0.5) is 0 Å². The summed E-state index contributed by atoms with van der Waals surface area (Å²) in [6, 6.07) is 6.54. The lowest BCUT2D eigenvalue weighted by atomic mass is 9.91. The van der Waals surface area contributed by atoms with Gasteiger partial charge >= 0.3 is 0 Å². The van der Waals surface area contributed by atoms with Crippen LogP contribution < -0.4 is 0 Å². The minimum Gasteiger partial charge on any atom is -0.391 e. The Bertz CT molecular complexity index is 656. The molecular weight excluding hydrogens is 274 g/mol. The number of aliphatic hydroxyl groups excluding tert-OH is 1. The van der Waals surface area contributed by atoms with Gasteiger partial charge in [-0.05, 0) is 45.2 Å². The molecule has 22 heavy (non-hydrogen) atoms. The highest BCUT2D eigenvalue weighted by Gasteiger charge is 2.32. The predicted molar refractivity (Wildman–Crippen MR) is 88.6 cm³/mol. The first-order valence-electron chi connectivity index (χ1n) is 8.22. The molecule has 0 aliphatic heterocycles. The molecule has 1 aliphatic carbocycles. The van der Waals surface area contributed by atoms with Crippen molar-refractivity contribution in [1.29, 1.82) is 0 Å². The van der Waals surface area contributed by atoms with Crippen LogP contribution >= 0.6 is 0 Å². The van der Waals surface area contributed by atoms with Crippen LogP contribution in [0.3, 0.4) is 0 Å². The minimum atomic E-state index is -0.277. The highest BCUT2D eigenvalue weighted by atomic mass is 16.3. The van der Waals surface area contributed by atoms with Crippen molar-refractivity contribution < 1.29 is 5.11 Å². The van der Waals surface area contributed by atoms with E-state index in [1.165, 1.54) is 17.1 Å². The normalized spacial score (nSPS) is 22.5. The van der Waals surface area contributed by atoms with Crippen molar-refractivity contribution in [2.45, 2.75) is 71.4 Å². The molecule has 4 nitrogen and oxygen atoms in total. The van der Waals surface area contributed by atoms with Crippen molar-refractivity contribution in [1.82, 2.24) is 14.3 Å². The predicted octanol–water partition coefficient (Wildman–Crippen LogP) is 3.67. The molecule has 1 aliphatic rings. The summed E-state index contributed by atoms with van der Waals surface area (Å²) in [4.78, 5) is 0. The monoisotopic (exact) mass is 301 g/mol. The number of aryl methyl sites for hydroxylation is 2. The molecule has 2 atom stereocenters. The van der Waals surface area contributed by atoms with E-state index >= 15 is 0 Å².